The van der Waals surface area contributed by atoms with Crippen LogP contribution in [0.1, 0.15) is 34.1 Å². The third-order valence-electron chi connectivity index (χ3n) is 2.92. The van der Waals surface area contributed by atoms with Gasteiger partial charge in [-0.2, -0.15) is 0 Å². The number of rotatable bonds is 2. The summed E-state index contributed by atoms with van der Waals surface area (Å²) in [5, 5.41) is 0. The van der Waals surface area contributed by atoms with Crippen LogP contribution < -0.4 is 11.3 Å². The molecule has 1 fully saturated rings. The highest BCUT2D eigenvalue weighted by atomic mass is 16.6. The predicted octanol–water partition coefficient (Wildman–Crippen LogP) is -0.445. The Bertz CT molecular complexity index is 389. The molecule has 1 saturated heterocycles. The van der Waals surface area contributed by atoms with Gasteiger partial charge in [-0.25, -0.2) is 5.84 Å². The van der Waals surface area contributed by atoms with E-state index in [1.54, 1.807) is 20.8 Å². The number of carbonyl (C=O) groups is 3. The van der Waals surface area contributed by atoms with Gasteiger partial charge in [0.05, 0.1) is 5.92 Å². The van der Waals surface area contributed by atoms with Crippen LogP contribution in [0.2, 0.25) is 0 Å². The number of carbonyl (C=O) groups excluding carboxylic acids is 3. The van der Waals surface area contributed by atoms with Crippen LogP contribution in [0.25, 0.3) is 0 Å². The maximum absolute atomic E-state index is 12.1. The van der Waals surface area contributed by atoms with Gasteiger partial charge in [-0.3, -0.25) is 19.8 Å². The van der Waals surface area contributed by atoms with Crippen LogP contribution >= 0.6 is 0 Å². The first kappa shape index (κ1) is 15.4. The maximum atomic E-state index is 12.1. The summed E-state index contributed by atoms with van der Waals surface area (Å²) in [6, 6.07) is -0.891. The number of hydrogen-bond acceptors (Lipinski definition) is 5. The molecule has 0 saturated carbocycles. The number of likely N-dealkylation sites (tertiary alicyclic amines) is 1. The van der Waals surface area contributed by atoms with Crippen molar-refractivity contribution in [3.05, 3.63) is 0 Å². The molecule has 2 atom stereocenters. The molecule has 0 aromatic carbocycles. The molecule has 2 amide bonds. The van der Waals surface area contributed by atoms with E-state index in [2.05, 4.69) is 0 Å². The molecule has 0 unspecified atom stereocenters. The van der Waals surface area contributed by atoms with E-state index in [-0.39, 0.29) is 5.91 Å². The molecule has 108 valence electrons. The van der Waals surface area contributed by atoms with Crippen molar-refractivity contribution in [1.29, 1.82) is 0 Å². The van der Waals surface area contributed by atoms with Crippen LogP contribution in [0.5, 0.6) is 0 Å². The van der Waals surface area contributed by atoms with E-state index in [0.717, 1.165) is 0 Å². The summed E-state index contributed by atoms with van der Waals surface area (Å²) in [5.41, 5.74) is 1.36. The molecule has 0 spiro atoms. The molecule has 0 radical (unpaired) electrons. The molecule has 0 aromatic rings. The fraction of sp³-hybridized carbons (Fsp3) is 0.750. The van der Waals surface area contributed by atoms with Crippen LogP contribution in [0.3, 0.4) is 0 Å². The molecule has 1 rings (SSSR count). The molecule has 0 aliphatic carbocycles. The first-order valence-electron chi connectivity index (χ1n) is 6.18. The van der Waals surface area contributed by atoms with E-state index in [1.807, 2.05) is 5.43 Å². The van der Waals surface area contributed by atoms with Gasteiger partial charge in [-0.05, 0) is 27.2 Å². The molecule has 1 aliphatic rings. The Morgan fingerprint density at radius 1 is 1.32 bits per heavy atom. The maximum Gasteiger partial charge on any atom is 0.312 e. The lowest BCUT2D eigenvalue weighted by atomic mass is 9.99. The number of ether oxygens (including phenoxy) is 1. The quantitative estimate of drug-likeness (QED) is 0.307. The van der Waals surface area contributed by atoms with Crippen LogP contribution in [0, 0.1) is 5.92 Å². The smallest absolute Gasteiger partial charge is 0.312 e. The zero-order valence-corrected chi connectivity index (χ0v) is 11.7. The minimum Gasteiger partial charge on any atom is -0.460 e. The van der Waals surface area contributed by atoms with Crippen molar-refractivity contribution in [1.82, 2.24) is 10.3 Å². The highest BCUT2D eigenvalue weighted by Crippen LogP contribution is 2.27. The van der Waals surface area contributed by atoms with Crippen LogP contribution in [-0.2, 0) is 19.1 Å². The third-order valence-corrected chi connectivity index (χ3v) is 2.92. The second-order valence-corrected chi connectivity index (χ2v) is 5.59. The van der Waals surface area contributed by atoms with Gasteiger partial charge in [-0.1, -0.05) is 0 Å². The van der Waals surface area contributed by atoms with Gasteiger partial charge in [0.1, 0.15) is 11.6 Å². The molecule has 1 heterocycles. The van der Waals surface area contributed by atoms with Gasteiger partial charge in [-0.15, -0.1) is 0 Å². The molecule has 3 N–H and O–H groups in total. The first-order valence-corrected chi connectivity index (χ1v) is 6.18. The highest BCUT2D eigenvalue weighted by molar-refractivity contribution is 5.92. The summed E-state index contributed by atoms with van der Waals surface area (Å²) < 4.78 is 5.28. The van der Waals surface area contributed by atoms with Crippen molar-refractivity contribution >= 4 is 17.8 Å². The topological polar surface area (TPSA) is 102 Å². The van der Waals surface area contributed by atoms with Crippen molar-refractivity contribution in [3.63, 3.8) is 0 Å². The van der Waals surface area contributed by atoms with Crippen molar-refractivity contribution in [2.24, 2.45) is 11.8 Å². The zero-order valence-electron chi connectivity index (χ0n) is 11.7. The van der Waals surface area contributed by atoms with Crippen molar-refractivity contribution < 1.29 is 19.1 Å². The number of hydrogen-bond donors (Lipinski definition) is 2. The lowest BCUT2D eigenvalue weighted by molar-refractivity contribution is -0.162. The number of nitrogens with one attached hydrogen (secondary N) is 1. The number of nitrogens with two attached hydrogens (primary N) is 1. The minimum absolute atomic E-state index is 0.264. The Morgan fingerprint density at radius 3 is 2.32 bits per heavy atom. The van der Waals surface area contributed by atoms with E-state index in [0.29, 0.717) is 13.0 Å². The van der Waals surface area contributed by atoms with E-state index in [9.17, 15) is 14.4 Å². The molecule has 7 heteroatoms. The lowest BCUT2D eigenvalue weighted by Crippen LogP contribution is -2.51. The van der Waals surface area contributed by atoms with Crippen molar-refractivity contribution in [2.75, 3.05) is 6.54 Å². The molecule has 19 heavy (non-hydrogen) atoms. The van der Waals surface area contributed by atoms with Gasteiger partial charge in [0.15, 0.2) is 0 Å². The SMILES string of the molecule is CC(=O)N1CC[C@H](C(=O)OC(C)(C)C)[C@H]1C(=O)NN. The first-order chi connectivity index (χ1) is 8.67. The van der Waals surface area contributed by atoms with Gasteiger partial charge < -0.3 is 9.64 Å². The average Bonchev–Trinajstić information content (AvgIpc) is 2.70. The lowest BCUT2D eigenvalue weighted by Gasteiger charge is -2.27. The summed E-state index contributed by atoms with van der Waals surface area (Å²) in [6.45, 7) is 6.95. The Kier molecular flexibility index (Phi) is 4.52. The van der Waals surface area contributed by atoms with E-state index >= 15 is 0 Å². The fourth-order valence-electron chi connectivity index (χ4n) is 2.18. The predicted molar refractivity (Wildman–Crippen MR) is 67.5 cm³/mol. The van der Waals surface area contributed by atoms with Gasteiger partial charge in [0.2, 0.25) is 5.91 Å². The zero-order chi connectivity index (χ0) is 14.8. The summed E-state index contributed by atoms with van der Waals surface area (Å²) in [6.07, 6.45) is 0.395. The van der Waals surface area contributed by atoms with Gasteiger partial charge in [0, 0.05) is 13.5 Å². The summed E-state index contributed by atoms with van der Waals surface area (Å²) in [7, 11) is 0. The largest absolute Gasteiger partial charge is 0.460 e. The number of nitrogens with zero attached hydrogens (tertiary/aromatic N) is 1. The van der Waals surface area contributed by atoms with E-state index in [4.69, 9.17) is 10.6 Å². The Morgan fingerprint density at radius 2 is 1.89 bits per heavy atom. The standard InChI is InChI=1S/C12H21N3O4/c1-7(16)15-6-5-8(9(15)10(17)14-13)11(18)19-12(2,3)4/h8-9H,5-6,13H2,1-4H3,(H,14,17)/t8-,9-/m0/s1. The fourth-order valence-corrected chi connectivity index (χ4v) is 2.18. The van der Waals surface area contributed by atoms with Crippen LogP contribution in [0.4, 0.5) is 0 Å². The summed E-state index contributed by atoms with van der Waals surface area (Å²) in [4.78, 5) is 36.7. The number of amides is 2. The molecule has 0 aromatic heterocycles. The Balaban J connectivity index is 2.91. The normalized spacial score (nSPS) is 23.1. The van der Waals surface area contributed by atoms with Crippen LogP contribution in [0.15, 0.2) is 0 Å². The summed E-state index contributed by atoms with van der Waals surface area (Å²) in [5.74, 6) is 3.14. The van der Waals surface area contributed by atoms with Gasteiger partial charge in [0.25, 0.3) is 5.91 Å². The average molecular weight is 271 g/mol. The number of esters is 1. The number of hydrazine groups is 1. The van der Waals surface area contributed by atoms with Crippen molar-refractivity contribution in [2.45, 2.75) is 45.8 Å². The van der Waals surface area contributed by atoms with Crippen molar-refractivity contribution in [3.8, 4) is 0 Å². The Hall–Kier alpha value is -1.63. The van der Waals surface area contributed by atoms with E-state index in [1.165, 1.54) is 11.8 Å². The highest BCUT2D eigenvalue weighted by Gasteiger charge is 2.45. The molecule has 7 nitrogen and oxygen atoms in total. The molecule has 1 aliphatic heterocycles. The minimum atomic E-state index is -0.891. The van der Waals surface area contributed by atoms with Gasteiger partial charge >= 0.3 is 5.97 Å². The van der Waals surface area contributed by atoms with E-state index < -0.39 is 29.4 Å². The Labute approximate surface area is 112 Å². The molecular weight excluding hydrogens is 250 g/mol. The second-order valence-electron chi connectivity index (χ2n) is 5.59. The van der Waals surface area contributed by atoms with Crippen LogP contribution in [-0.4, -0.2) is 40.9 Å². The monoisotopic (exact) mass is 271 g/mol. The molecule has 0 bridgehead atoms. The summed E-state index contributed by atoms with van der Waals surface area (Å²) >= 11 is 0. The molecular formula is C12H21N3O4. The second kappa shape index (κ2) is 5.56. The third kappa shape index (κ3) is 3.66.